The normalized spacial score (nSPS) is 11.4. The van der Waals surface area contributed by atoms with E-state index in [2.05, 4.69) is 32.2 Å². The number of hydrogen-bond acceptors (Lipinski definition) is 2. The van der Waals surface area contributed by atoms with E-state index in [-0.39, 0.29) is 5.54 Å². The van der Waals surface area contributed by atoms with Crippen molar-refractivity contribution in [1.82, 2.24) is 0 Å². The summed E-state index contributed by atoms with van der Waals surface area (Å²) >= 11 is 0. The molecule has 0 aliphatic carbocycles. The zero-order valence-electron chi connectivity index (χ0n) is 8.81. The van der Waals surface area contributed by atoms with E-state index < -0.39 is 0 Å². The van der Waals surface area contributed by atoms with Crippen LogP contribution in [-0.2, 0) is 0 Å². The van der Waals surface area contributed by atoms with Gasteiger partial charge in [-0.05, 0) is 45.4 Å². The van der Waals surface area contributed by atoms with Crippen LogP contribution in [0, 0.1) is 6.92 Å². The molecule has 1 rings (SSSR count). The van der Waals surface area contributed by atoms with Crippen molar-refractivity contribution in [2.75, 3.05) is 11.1 Å². The molecular formula is C11H18N2. The zero-order chi connectivity index (χ0) is 10.1. The van der Waals surface area contributed by atoms with Crippen molar-refractivity contribution in [1.29, 1.82) is 0 Å². The Labute approximate surface area is 80.1 Å². The van der Waals surface area contributed by atoms with E-state index in [0.29, 0.717) is 0 Å². The maximum absolute atomic E-state index is 5.80. The van der Waals surface area contributed by atoms with Gasteiger partial charge < -0.3 is 11.1 Å². The second-order valence-corrected chi connectivity index (χ2v) is 4.39. The van der Waals surface area contributed by atoms with Crippen molar-refractivity contribution in [3.8, 4) is 0 Å². The van der Waals surface area contributed by atoms with Crippen LogP contribution in [0.15, 0.2) is 18.2 Å². The topological polar surface area (TPSA) is 38.0 Å². The Hall–Kier alpha value is -1.18. The van der Waals surface area contributed by atoms with Gasteiger partial charge in [-0.25, -0.2) is 0 Å². The Morgan fingerprint density at radius 3 is 2.38 bits per heavy atom. The van der Waals surface area contributed by atoms with Gasteiger partial charge in [0.1, 0.15) is 0 Å². The first-order valence-electron chi connectivity index (χ1n) is 4.53. The fraction of sp³-hybridized carbons (Fsp3) is 0.455. The molecule has 1 aromatic carbocycles. The molecule has 0 amide bonds. The van der Waals surface area contributed by atoms with Crippen LogP contribution in [0.5, 0.6) is 0 Å². The number of nitrogens with one attached hydrogen (secondary N) is 1. The van der Waals surface area contributed by atoms with E-state index in [4.69, 9.17) is 5.73 Å². The molecule has 13 heavy (non-hydrogen) atoms. The van der Waals surface area contributed by atoms with Gasteiger partial charge in [0.2, 0.25) is 0 Å². The van der Waals surface area contributed by atoms with Gasteiger partial charge in [-0.3, -0.25) is 0 Å². The summed E-state index contributed by atoms with van der Waals surface area (Å²) in [5, 5.41) is 3.41. The van der Waals surface area contributed by atoms with Crippen LogP contribution in [0.25, 0.3) is 0 Å². The highest BCUT2D eigenvalue weighted by molar-refractivity contribution is 5.63. The summed E-state index contributed by atoms with van der Waals surface area (Å²) in [6.45, 7) is 8.43. The molecule has 0 saturated heterocycles. The molecule has 0 unspecified atom stereocenters. The lowest BCUT2D eigenvalue weighted by atomic mass is 10.1. The molecule has 2 heteroatoms. The standard InChI is InChI=1S/C11H18N2/c1-8-9(12)6-5-7-10(8)13-11(2,3)4/h5-7,13H,12H2,1-4H3. The van der Waals surface area contributed by atoms with Crippen LogP contribution in [0.1, 0.15) is 26.3 Å². The average Bonchev–Trinajstić information content (AvgIpc) is 1.96. The molecule has 0 atom stereocenters. The fourth-order valence-corrected chi connectivity index (χ4v) is 1.19. The summed E-state index contributed by atoms with van der Waals surface area (Å²) < 4.78 is 0. The van der Waals surface area contributed by atoms with Gasteiger partial charge in [0.15, 0.2) is 0 Å². The Balaban J connectivity index is 2.96. The minimum absolute atomic E-state index is 0.0819. The van der Waals surface area contributed by atoms with E-state index in [0.717, 1.165) is 16.9 Å². The zero-order valence-corrected chi connectivity index (χ0v) is 8.81. The lowest BCUT2D eigenvalue weighted by Gasteiger charge is -2.23. The average molecular weight is 178 g/mol. The second kappa shape index (κ2) is 3.29. The lowest BCUT2D eigenvalue weighted by Crippen LogP contribution is -2.26. The third kappa shape index (κ3) is 2.65. The Morgan fingerprint density at radius 2 is 1.85 bits per heavy atom. The quantitative estimate of drug-likeness (QED) is 0.649. The van der Waals surface area contributed by atoms with Gasteiger partial charge in [0.25, 0.3) is 0 Å². The first kappa shape index (κ1) is 9.90. The predicted molar refractivity (Wildman–Crippen MR) is 59.0 cm³/mol. The van der Waals surface area contributed by atoms with Gasteiger partial charge in [-0.15, -0.1) is 0 Å². The third-order valence-corrected chi connectivity index (χ3v) is 1.89. The van der Waals surface area contributed by atoms with Gasteiger partial charge in [-0.2, -0.15) is 0 Å². The number of rotatable bonds is 1. The molecule has 0 radical (unpaired) electrons. The van der Waals surface area contributed by atoms with Crippen molar-refractivity contribution in [3.63, 3.8) is 0 Å². The molecule has 0 aliphatic heterocycles. The number of anilines is 2. The molecule has 2 nitrogen and oxygen atoms in total. The monoisotopic (exact) mass is 178 g/mol. The Bertz CT molecular complexity index is 297. The van der Waals surface area contributed by atoms with Crippen molar-refractivity contribution >= 4 is 11.4 Å². The van der Waals surface area contributed by atoms with Crippen LogP contribution < -0.4 is 11.1 Å². The van der Waals surface area contributed by atoms with E-state index in [1.165, 1.54) is 0 Å². The fourth-order valence-electron chi connectivity index (χ4n) is 1.19. The second-order valence-electron chi connectivity index (χ2n) is 4.39. The predicted octanol–water partition coefficient (Wildman–Crippen LogP) is 2.79. The van der Waals surface area contributed by atoms with Gasteiger partial charge in [0, 0.05) is 16.9 Å². The summed E-state index contributed by atoms with van der Waals surface area (Å²) in [5.41, 5.74) is 8.96. The smallest absolute Gasteiger partial charge is 0.0394 e. The molecule has 0 bridgehead atoms. The number of nitrogen functional groups attached to an aromatic ring is 1. The molecular weight excluding hydrogens is 160 g/mol. The molecule has 0 heterocycles. The highest BCUT2D eigenvalue weighted by Gasteiger charge is 2.10. The van der Waals surface area contributed by atoms with E-state index in [9.17, 15) is 0 Å². The minimum Gasteiger partial charge on any atom is -0.398 e. The molecule has 0 spiro atoms. The summed E-state index contributed by atoms with van der Waals surface area (Å²) in [7, 11) is 0. The van der Waals surface area contributed by atoms with Gasteiger partial charge in [0.05, 0.1) is 0 Å². The number of benzene rings is 1. The van der Waals surface area contributed by atoms with E-state index in [1.807, 2.05) is 19.1 Å². The van der Waals surface area contributed by atoms with Gasteiger partial charge >= 0.3 is 0 Å². The maximum atomic E-state index is 5.80. The highest BCUT2D eigenvalue weighted by Crippen LogP contribution is 2.23. The summed E-state index contributed by atoms with van der Waals surface area (Å²) in [6.07, 6.45) is 0. The van der Waals surface area contributed by atoms with Crippen molar-refractivity contribution < 1.29 is 0 Å². The lowest BCUT2D eigenvalue weighted by molar-refractivity contribution is 0.633. The van der Waals surface area contributed by atoms with Crippen LogP contribution in [0.3, 0.4) is 0 Å². The Morgan fingerprint density at radius 1 is 1.23 bits per heavy atom. The molecule has 72 valence electrons. The Kier molecular flexibility index (Phi) is 2.50. The summed E-state index contributed by atoms with van der Waals surface area (Å²) in [6, 6.07) is 5.94. The molecule has 0 aliphatic rings. The molecule has 3 N–H and O–H groups in total. The van der Waals surface area contributed by atoms with E-state index in [1.54, 1.807) is 0 Å². The summed E-state index contributed by atoms with van der Waals surface area (Å²) in [5.74, 6) is 0. The van der Waals surface area contributed by atoms with Crippen molar-refractivity contribution in [3.05, 3.63) is 23.8 Å². The van der Waals surface area contributed by atoms with Crippen LogP contribution >= 0.6 is 0 Å². The first-order valence-corrected chi connectivity index (χ1v) is 4.53. The highest BCUT2D eigenvalue weighted by atomic mass is 15.0. The number of hydrogen-bond donors (Lipinski definition) is 2. The summed E-state index contributed by atoms with van der Waals surface area (Å²) in [4.78, 5) is 0. The third-order valence-electron chi connectivity index (χ3n) is 1.89. The number of nitrogens with two attached hydrogens (primary N) is 1. The van der Waals surface area contributed by atoms with Crippen LogP contribution in [0.2, 0.25) is 0 Å². The minimum atomic E-state index is 0.0819. The molecule has 0 fully saturated rings. The van der Waals surface area contributed by atoms with Crippen LogP contribution in [0.4, 0.5) is 11.4 Å². The molecule has 0 aromatic heterocycles. The first-order chi connectivity index (χ1) is 5.90. The maximum Gasteiger partial charge on any atom is 0.0394 e. The van der Waals surface area contributed by atoms with Crippen molar-refractivity contribution in [2.24, 2.45) is 0 Å². The molecule has 1 aromatic rings. The van der Waals surface area contributed by atoms with Crippen LogP contribution in [-0.4, -0.2) is 5.54 Å². The largest absolute Gasteiger partial charge is 0.398 e. The van der Waals surface area contributed by atoms with Crippen molar-refractivity contribution in [2.45, 2.75) is 33.2 Å². The van der Waals surface area contributed by atoms with E-state index >= 15 is 0 Å². The van der Waals surface area contributed by atoms with Gasteiger partial charge in [-0.1, -0.05) is 6.07 Å². The SMILES string of the molecule is Cc1c(N)cccc1NC(C)(C)C. The molecule has 0 saturated carbocycles.